The first-order valence-electron chi connectivity index (χ1n) is 9.29. The van der Waals surface area contributed by atoms with Crippen LogP contribution < -0.4 is 0 Å². The lowest BCUT2D eigenvalue weighted by molar-refractivity contribution is -0.384. The predicted molar refractivity (Wildman–Crippen MR) is 120 cm³/mol. The molecular formula is C20H19F2N5O3S2. The summed E-state index contributed by atoms with van der Waals surface area (Å²) in [7, 11) is 1.65. The van der Waals surface area contributed by atoms with Gasteiger partial charge in [0.15, 0.2) is 0 Å². The molecule has 0 amide bonds. The van der Waals surface area contributed by atoms with Crippen LogP contribution in [0.5, 0.6) is 0 Å². The fourth-order valence-corrected chi connectivity index (χ4v) is 4.10. The zero-order chi connectivity index (χ0) is 23.3. The van der Waals surface area contributed by atoms with Crippen LogP contribution in [0, 0.1) is 21.7 Å². The fourth-order valence-electron chi connectivity index (χ4n) is 3.10. The van der Waals surface area contributed by atoms with E-state index >= 15 is 0 Å². The van der Waals surface area contributed by atoms with Crippen LogP contribution in [-0.2, 0) is 17.9 Å². The first kappa shape index (κ1) is 23.7. The van der Waals surface area contributed by atoms with Gasteiger partial charge in [-0.2, -0.15) is 5.10 Å². The summed E-state index contributed by atoms with van der Waals surface area (Å²) in [5, 5.41) is 26.1. The molecule has 3 rings (SSSR count). The molecule has 168 valence electrons. The summed E-state index contributed by atoms with van der Waals surface area (Å²) in [5.74, 6) is -1.18. The average Bonchev–Trinajstić information content (AvgIpc) is 3.24. The number of hydrogen-bond acceptors (Lipinski definition) is 7. The Hall–Kier alpha value is -2.96. The van der Waals surface area contributed by atoms with E-state index < -0.39 is 22.2 Å². The Bertz CT molecular complexity index is 1100. The van der Waals surface area contributed by atoms with E-state index in [1.165, 1.54) is 47.3 Å². The van der Waals surface area contributed by atoms with Gasteiger partial charge >= 0.3 is 0 Å². The highest BCUT2D eigenvalue weighted by molar-refractivity contribution is 8.22. The molecule has 12 heteroatoms. The van der Waals surface area contributed by atoms with E-state index in [1.54, 1.807) is 24.1 Å². The molecule has 0 bridgehead atoms. The monoisotopic (exact) mass is 479 g/mol. The number of benzene rings is 2. The first-order chi connectivity index (χ1) is 15.2. The molecule has 0 aliphatic carbocycles. The number of likely N-dealkylation sites (N-methyl/N-ethyl adjacent to an activating group) is 1. The number of aliphatic hydroxyl groups is 1. The van der Waals surface area contributed by atoms with Crippen molar-refractivity contribution < 1.29 is 18.8 Å². The average molecular weight is 480 g/mol. The SMILES string of the molecule is CN(CC(O)(Cn1cncn1)c1ccc(F)cc1F)C(=S)SCc1ccc([N+](=O)[O-])cc1. The minimum atomic E-state index is -1.78. The summed E-state index contributed by atoms with van der Waals surface area (Å²) in [4.78, 5) is 15.7. The van der Waals surface area contributed by atoms with Crippen LogP contribution in [0.1, 0.15) is 11.1 Å². The third-order valence-electron chi connectivity index (χ3n) is 4.64. The molecule has 0 saturated carbocycles. The zero-order valence-electron chi connectivity index (χ0n) is 16.9. The minimum Gasteiger partial charge on any atom is -0.381 e. The molecule has 0 aliphatic heterocycles. The van der Waals surface area contributed by atoms with Gasteiger partial charge in [0, 0.05) is 36.6 Å². The summed E-state index contributed by atoms with van der Waals surface area (Å²) in [6.45, 7) is -0.225. The molecule has 0 spiro atoms. The molecule has 8 nitrogen and oxygen atoms in total. The lowest BCUT2D eigenvalue weighted by Gasteiger charge is -2.34. The largest absolute Gasteiger partial charge is 0.381 e. The summed E-state index contributed by atoms with van der Waals surface area (Å²) in [5.41, 5.74) is -1.04. The molecule has 0 aliphatic rings. The number of thiocarbonyl (C=S) groups is 1. The Morgan fingerprint density at radius 2 is 2.03 bits per heavy atom. The van der Waals surface area contributed by atoms with Crippen molar-refractivity contribution in [3.05, 3.63) is 88.0 Å². The lowest BCUT2D eigenvalue weighted by Crippen LogP contribution is -2.44. The smallest absolute Gasteiger partial charge is 0.269 e. The maximum atomic E-state index is 14.5. The van der Waals surface area contributed by atoms with Gasteiger partial charge in [0.2, 0.25) is 0 Å². The minimum absolute atomic E-state index is 0.00190. The second-order valence-corrected chi connectivity index (χ2v) is 8.69. The van der Waals surface area contributed by atoms with E-state index in [4.69, 9.17) is 12.2 Å². The van der Waals surface area contributed by atoms with Gasteiger partial charge in [-0.1, -0.05) is 42.2 Å². The third kappa shape index (κ3) is 5.84. The van der Waals surface area contributed by atoms with Crippen molar-refractivity contribution in [1.29, 1.82) is 0 Å². The highest BCUT2D eigenvalue weighted by Gasteiger charge is 2.35. The van der Waals surface area contributed by atoms with Crippen molar-refractivity contribution in [2.24, 2.45) is 0 Å². The molecule has 1 atom stereocenters. The highest BCUT2D eigenvalue weighted by Crippen LogP contribution is 2.29. The van der Waals surface area contributed by atoms with E-state index in [1.807, 2.05) is 0 Å². The van der Waals surface area contributed by atoms with Gasteiger partial charge in [0.1, 0.15) is 34.2 Å². The molecule has 0 fully saturated rings. The normalized spacial score (nSPS) is 12.9. The number of hydrogen-bond donors (Lipinski definition) is 1. The molecular weight excluding hydrogens is 460 g/mol. The van der Waals surface area contributed by atoms with Gasteiger partial charge in [0.25, 0.3) is 5.69 Å². The van der Waals surface area contributed by atoms with E-state index in [0.29, 0.717) is 16.1 Å². The number of rotatable bonds is 8. The summed E-state index contributed by atoms with van der Waals surface area (Å²) in [6, 6.07) is 9.09. The Balaban J connectivity index is 1.73. The molecule has 0 radical (unpaired) electrons. The van der Waals surface area contributed by atoms with E-state index in [-0.39, 0.29) is 24.3 Å². The number of non-ortho nitro benzene ring substituents is 1. The van der Waals surface area contributed by atoms with Gasteiger partial charge in [0.05, 0.1) is 18.0 Å². The molecule has 1 N–H and O–H groups in total. The maximum Gasteiger partial charge on any atom is 0.269 e. The number of nitrogens with zero attached hydrogens (tertiary/aromatic N) is 5. The summed E-state index contributed by atoms with van der Waals surface area (Å²) in [6.07, 6.45) is 2.67. The van der Waals surface area contributed by atoms with Gasteiger partial charge in [-0.15, -0.1) is 0 Å². The van der Waals surface area contributed by atoms with Crippen LogP contribution in [0.25, 0.3) is 0 Å². The number of thioether (sulfide) groups is 1. The lowest BCUT2D eigenvalue weighted by atomic mass is 9.92. The number of nitro groups is 1. The maximum absolute atomic E-state index is 14.5. The molecule has 1 heterocycles. The molecule has 1 aromatic heterocycles. The van der Waals surface area contributed by atoms with Gasteiger partial charge in [-0.05, 0) is 11.6 Å². The molecule has 1 unspecified atom stereocenters. The Morgan fingerprint density at radius 3 is 2.62 bits per heavy atom. The standard InChI is InChI=1S/C20H19F2N5O3S2/c1-25(19(31)32-9-14-2-5-16(6-3-14)27(29)30)10-20(28,11-26-13-23-12-24-26)17-7-4-15(21)8-18(17)22/h2-8,12-13,28H,9-11H2,1H3. The van der Waals surface area contributed by atoms with E-state index in [2.05, 4.69) is 10.1 Å². The van der Waals surface area contributed by atoms with Crippen LogP contribution in [0.2, 0.25) is 0 Å². The topological polar surface area (TPSA) is 97.3 Å². The Labute approximate surface area is 192 Å². The van der Waals surface area contributed by atoms with Crippen LogP contribution in [0.4, 0.5) is 14.5 Å². The van der Waals surface area contributed by atoms with E-state index in [9.17, 15) is 24.0 Å². The molecule has 2 aromatic carbocycles. The van der Waals surface area contributed by atoms with Crippen molar-refractivity contribution in [3.63, 3.8) is 0 Å². The number of aromatic nitrogens is 3. The van der Waals surface area contributed by atoms with Gasteiger partial charge < -0.3 is 10.0 Å². The Kier molecular flexibility index (Phi) is 7.48. The van der Waals surface area contributed by atoms with Crippen LogP contribution in [0.15, 0.2) is 55.1 Å². The zero-order valence-corrected chi connectivity index (χ0v) is 18.5. The van der Waals surface area contributed by atoms with Crippen molar-refractivity contribution in [2.75, 3.05) is 13.6 Å². The molecule has 0 saturated heterocycles. The summed E-state index contributed by atoms with van der Waals surface area (Å²) < 4.78 is 29.7. The van der Waals surface area contributed by atoms with Crippen molar-refractivity contribution in [3.8, 4) is 0 Å². The summed E-state index contributed by atoms with van der Waals surface area (Å²) >= 11 is 6.73. The second-order valence-electron chi connectivity index (χ2n) is 7.08. The van der Waals surface area contributed by atoms with Crippen molar-refractivity contribution in [1.82, 2.24) is 19.7 Å². The van der Waals surface area contributed by atoms with Crippen molar-refractivity contribution >= 4 is 34.0 Å². The van der Waals surface area contributed by atoms with Crippen molar-refractivity contribution in [2.45, 2.75) is 17.9 Å². The third-order valence-corrected chi connectivity index (χ3v) is 6.34. The quantitative estimate of drug-likeness (QED) is 0.298. The van der Waals surface area contributed by atoms with E-state index in [0.717, 1.165) is 11.6 Å². The fraction of sp³-hybridized carbons (Fsp3) is 0.250. The Morgan fingerprint density at radius 1 is 1.31 bits per heavy atom. The number of halogens is 2. The van der Waals surface area contributed by atoms with Crippen LogP contribution in [0.3, 0.4) is 0 Å². The number of nitro benzene ring substituents is 1. The predicted octanol–water partition coefficient (Wildman–Crippen LogP) is 3.50. The first-order valence-corrected chi connectivity index (χ1v) is 10.7. The molecule has 3 aromatic rings. The van der Waals surface area contributed by atoms with Crippen LogP contribution in [-0.4, -0.2) is 47.6 Å². The van der Waals surface area contributed by atoms with Gasteiger partial charge in [-0.3, -0.25) is 10.1 Å². The van der Waals surface area contributed by atoms with Crippen LogP contribution >= 0.6 is 24.0 Å². The molecule has 32 heavy (non-hydrogen) atoms. The highest BCUT2D eigenvalue weighted by atomic mass is 32.2. The second kappa shape index (κ2) is 10.1. The van der Waals surface area contributed by atoms with Gasteiger partial charge in [-0.25, -0.2) is 18.4 Å².